The van der Waals surface area contributed by atoms with Crippen LogP contribution in [-0.4, -0.2) is 32.7 Å². The molecule has 4 nitrogen and oxygen atoms in total. The number of rotatable bonds is 9. The Bertz CT molecular complexity index is 279. The Hall–Kier alpha value is -0.940. The predicted octanol–water partition coefficient (Wildman–Crippen LogP) is 1.54. The van der Waals surface area contributed by atoms with Gasteiger partial charge in [0.2, 0.25) is 0 Å². The van der Waals surface area contributed by atoms with E-state index in [1.54, 1.807) is 0 Å². The minimum Gasteiger partial charge on any atom is -0.378 e. The predicted molar refractivity (Wildman–Crippen MR) is 66.5 cm³/mol. The van der Waals surface area contributed by atoms with E-state index in [2.05, 4.69) is 0 Å². The summed E-state index contributed by atoms with van der Waals surface area (Å²) in [6, 6.07) is 10.0. The molecule has 17 heavy (non-hydrogen) atoms. The first-order chi connectivity index (χ1) is 8.33. The van der Waals surface area contributed by atoms with Gasteiger partial charge in [0.15, 0.2) is 6.29 Å². The molecular weight excluding hydrogens is 218 g/mol. The van der Waals surface area contributed by atoms with Crippen LogP contribution in [0.4, 0.5) is 0 Å². The molecule has 0 amide bonds. The van der Waals surface area contributed by atoms with Crippen LogP contribution in [0.1, 0.15) is 12.5 Å². The van der Waals surface area contributed by atoms with E-state index in [1.165, 1.54) is 0 Å². The molecule has 0 heterocycles. The van der Waals surface area contributed by atoms with Gasteiger partial charge in [-0.25, -0.2) is 0 Å². The van der Waals surface area contributed by atoms with Gasteiger partial charge in [-0.1, -0.05) is 30.3 Å². The van der Waals surface area contributed by atoms with Gasteiger partial charge >= 0.3 is 0 Å². The van der Waals surface area contributed by atoms with Crippen LogP contribution in [0.3, 0.4) is 0 Å². The fourth-order valence-corrected chi connectivity index (χ4v) is 1.29. The minimum absolute atomic E-state index is 0.225. The minimum atomic E-state index is -0.225. The van der Waals surface area contributed by atoms with Crippen molar-refractivity contribution in [2.24, 2.45) is 5.73 Å². The maximum atomic E-state index is 5.53. The van der Waals surface area contributed by atoms with Crippen molar-refractivity contribution >= 4 is 0 Å². The highest BCUT2D eigenvalue weighted by Crippen LogP contribution is 2.03. The van der Waals surface area contributed by atoms with Crippen LogP contribution in [0.15, 0.2) is 30.3 Å². The van der Waals surface area contributed by atoms with Gasteiger partial charge in [0.1, 0.15) is 0 Å². The third kappa shape index (κ3) is 7.07. The topological polar surface area (TPSA) is 53.7 Å². The lowest BCUT2D eigenvalue weighted by Gasteiger charge is -2.14. The number of nitrogens with two attached hydrogens (primary N) is 1. The standard InChI is InChI=1S/C13H21NO3/c1-12(16-10-9-15-8-7-14)17-11-13-5-3-2-4-6-13/h2-6,12H,7-11,14H2,1H3. The van der Waals surface area contributed by atoms with Gasteiger partial charge in [0.25, 0.3) is 0 Å². The lowest BCUT2D eigenvalue weighted by molar-refractivity contribution is -0.145. The van der Waals surface area contributed by atoms with Crippen molar-refractivity contribution < 1.29 is 14.2 Å². The molecule has 1 aromatic carbocycles. The summed E-state index contributed by atoms with van der Waals surface area (Å²) in [5, 5.41) is 0. The third-order valence-electron chi connectivity index (χ3n) is 2.17. The van der Waals surface area contributed by atoms with Crippen LogP contribution in [0, 0.1) is 0 Å². The van der Waals surface area contributed by atoms with E-state index in [0.29, 0.717) is 33.0 Å². The summed E-state index contributed by atoms with van der Waals surface area (Å²) < 4.78 is 16.1. The molecule has 0 fully saturated rings. The van der Waals surface area contributed by atoms with E-state index >= 15 is 0 Å². The fraction of sp³-hybridized carbons (Fsp3) is 0.538. The third-order valence-corrected chi connectivity index (χ3v) is 2.17. The Balaban J connectivity index is 2.03. The monoisotopic (exact) mass is 239 g/mol. The van der Waals surface area contributed by atoms with E-state index in [9.17, 15) is 0 Å². The summed E-state index contributed by atoms with van der Waals surface area (Å²) in [6.07, 6.45) is -0.225. The van der Waals surface area contributed by atoms with Crippen LogP contribution >= 0.6 is 0 Å². The zero-order chi connectivity index (χ0) is 12.3. The van der Waals surface area contributed by atoms with Gasteiger partial charge in [-0.15, -0.1) is 0 Å². The number of hydrogen-bond donors (Lipinski definition) is 1. The second kappa shape index (κ2) is 9.13. The zero-order valence-electron chi connectivity index (χ0n) is 10.3. The van der Waals surface area contributed by atoms with Crippen LogP contribution in [0.2, 0.25) is 0 Å². The summed E-state index contributed by atoms with van der Waals surface area (Å²) in [5.41, 5.74) is 6.43. The summed E-state index contributed by atoms with van der Waals surface area (Å²) in [7, 11) is 0. The van der Waals surface area contributed by atoms with E-state index in [4.69, 9.17) is 19.9 Å². The molecule has 0 saturated heterocycles. The van der Waals surface area contributed by atoms with E-state index in [0.717, 1.165) is 5.56 Å². The van der Waals surface area contributed by atoms with Crippen molar-refractivity contribution in [3.63, 3.8) is 0 Å². The molecule has 0 radical (unpaired) electrons. The Kier molecular flexibility index (Phi) is 7.58. The lowest BCUT2D eigenvalue weighted by atomic mass is 10.2. The molecular formula is C13H21NO3. The largest absolute Gasteiger partial charge is 0.378 e. The van der Waals surface area contributed by atoms with Gasteiger partial charge in [0.05, 0.1) is 26.4 Å². The summed E-state index contributed by atoms with van der Waals surface area (Å²) in [5.74, 6) is 0. The molecule has 96 valence electrons. The van der Waals surface area contributed by atoms with Gasteiger partial charge < -0.3 is 19.9 Å². The molecule has 0 bridgehead atoms. The quantitative estimate of drug-likeness (QED) is 0.524. The molecule has 0 saturated carbocycles. The van der Waals surface area contributed by atoms with Gasteiger partial charge in [0, 0.05) is 6.54 Å². The average molecular weight is 239 g/mol. The van der Waals surface area contributed by atoms with Crippen LogP contribution in [0.5, 0.6) is 0 Å². The molecule has 1 aromatic rings. The van der Waals surface area contributed by atoms with Crippen molar-refractivity contribution in [1.82, 2.24) is 0 Å². The number of ether oxygens (including phenoxy) is 3. The van der Waals surface area contributed by atoms with Crippen LogP contribution in [-0.2, 0) is 20.8 Å². The highest BCUT2D eigenvalue weighted by Gasteiger charge is 2.02. The van der Waals surface area contributed by atoms with E-state index < -0.39 is 0 Å². The lowest BCUT2D eigenvalue weighted by Crippen LogP contribution is -2.17. The van der Waals surface area contributed by atoms with Crippen molar-refractivity contribution in [1.29, 1.82) is 0 Å². The van der Waals surface area contributed by atoms with Crippen molar-refractivity contribution in [3.05, 3.63) is 35.9 Å². The van der Waals surface area contributed by atoms with Gasteiger partial charge in [-0.2, -0.15) is 0 Å². The Morgan fingerprint density at radius 2 is 1.82 bits per heavy atom. The highest BCUT2D eigenvalue weighted by atomic mass is 16.7. The van der Waals surface area contributed by atoms with Crippen LogP contribution < -0.4 is 5.73 Å². The SMILES string of the molecule is CC(OCCOCCN)OCc1ccccc1. The fourth-order valence-electron chi connectivity index (χ4n) is 1.29. The second-order valence-electron chi connectivity index (χ2n) is 3.64. The maximum absolute atomic E-state index is 5.53. The first-order valence-electron chi connectivity index (χ1n) is 5.88. The molecule has 1 unspecified atom stereocenters. The zero-order valence-corrected chi connectivity index (χ0v) is 10.3. The van der Waals surface area contributed by atoms with E-state index in [-0.39, 0.29) is 6.29 Å². The molecule has 4 heteroatoms. The molecule has 1 rings (SSSR count). The van der Waals surface area contributed by atoms with Crippen molar-refractivity contribution in [2.75, 3.05) is 26.4 Å². The molecule has 0 aliphatic carbocycles. The normalized spacial score (nSPS) is 12.6. The first-order valence-corrected chi connectivity index (χ1v) is 5.88. The molecule has 2 N–H and O–H groups in total. The molecule has 0 aliphatic rings. The molecule has 0 spiro atoms. The van der Waals surface area contributed by atoms with Gasteiger partial charge in [-0.05, 0) is 12.5 Å². The molecule has 0 aromatic heterocycles. The smallest absolute Gasteiger partial charge is 0.155 e. The summed E-state index contributed by atoms with van der Waals surface area (Å²) >= 11 is 0. The first kappa shape index (κ1) is 14.1. The Labute approximate surface area is 103 Å². The number of hydrogen-bond acceptors (Lipinski definition) is 4. The van der Waals surface area contributed by atoms with E-state index in [1.807, 2.05) is 37.3 Å². The Morgan fingerprint density at radius 3 is 2.53 bits per heavy atom. The van der Waals surface area contributed by atoms with Crippen LogP contribution in [0.25, 0.3) is 0 Å². The summed E-state index contributed by atoms with van der Waals surface area (Å²) in [6.45, 7) is 4.63. The molecule has 1 atom stereocenters. The number of benzene rings is 1. The maximum Gasteiger partial charge on any atom is 0.155 e. The van der Waals surface area contributed by atoms with Crippen molar-refractivity contribution in [3.8, 4) is 0 Å². The molecule has 0 aliphatic heterocycles. The Morgan fingerprint density at radius 1 is 1.06 bits per heavy atom. The second-order valence-corrected chi connectivity index (χ2v) is 3.64. The highest BCUT2D eigenvalue weighted by molar-refractivity contribution is 5.13. The average Bonchev–Trinajstić information content (AvgIpc) is 2.37. The van der Waals surface area contributed by atoms with Crippen molar-refractivity contribution in [2.45, 2.75) is 19.8 Å². The van der Waals surface area contributed by atoms with Gasteiger partial charge in [-0.3, -0.25) is 0 Å². The summed E-state index contributed by atoms with van der Waals surface area (Å²) in [4.78, 5) is 0.